The second-order valence-electron chi connectivity index (χ2n) is 4.34. The average Bonchev–Trinajstić information content (AvgIpc) is 2.89. The van der Waals surface area contributed by atoms with E-state index in [4.69, 9.17) is 10.5 Å². The molecule has 2 N–H and O–H groups in total. The molecule has 1 aromatic rings. The zero-order valence-corrected chi connectivity index (χ0v) is 9.97. The van der Waals surface area contributed by atoms with Crippen LogP contribution >= 0.6 is 0 Å². The zero-order chi connectivity index (χ0) is 11.5. The van der Waals surface area contributed by atoms with Gasteiger partial charge in [-0.25, -0.2) is 0 Å². The Kier molecular flexibility index (Phi) is 3.58. The summed E-state index contributed by atoms with van der Waals surface area (Å²) in [6.07, 6.45) is 5.38. The van der Waals surface area contributed by atoms with E-state index in [1.807, 2.05) is 24.1 Å². The largest absolute Gasteiger partial charge is 0.380 e. The predicted octanol–water partition coefficient (Wildman–Crippen LogP) is 0.141. The molecule has 0 bridgehead atoms. The van der Waals surface area contributed by atoms with E-state index in [0.29, 0.717) is 12.6 Å². The van der Waals surface area contributed by atoms with Crippen molar-refractivity contribution in [2.75, 3.05) is 26.7 Å². The fourth-order valence-electron chi connectivity index (χ4n) is 2.34. The van der Waals surface area contributed by atoms with Crippen molar-refractivity contribution >= 4 is 0 Å². The minimum atomic E-state index is 0.272. The zero-order valence-electron chi connectivity index (χ0n) is 9.97. The number of aryl methyl sites for hydroxylation is 1. The number of aromatic nitrogens is 2. The molecule has 0 spiro atoms. The van der Waals surface area contributed by atoms with Gasteiger partial charge in [-0.15, -0.1) is 0 Å². The Labute approximate surface area is 96.2 Å². The highest BCUT2D eigenvalue weighted by atomic mass is 16.5. The van der Waals surface area contributed by atoms with E-state index in [1.54, 1.807) is 7.11 Å². The molecular weight excluding hydrogens is 204 g/mol. The van der Waals surface area contributed by atoms with Crippen molar-refractivity contribution < 1.29 is 4.74 Å². The van der Waals surface area contributed by atoms with Crippen molar-refractivity contribution in [3.63, 3.8) is 0 Å². The minimum absolute atomic E-state index is 0.272. The van der Waals surface area contributed by atoms with Crippen LogP contribution in [0, 0.1) is 0 Å². The molecule has 2 unspecified atom stereocenters. The van der Waals surface area contributed by atoms with Gasteiger partial charge < -0.3 is 10.5 Å². The number of methoxy groups -OCH3 is 1. The monoisotopic (exact) mass is 224 g/mol. The van der Waals surface area contributed by atoms with Gasteiger partial charge in [-0.1, -0.05) is 0 Å². The van der Waals surface area contributed by atoms with Crippen molar-refractivity contribution in [3.8, 4) is 0 Å². The van der Waals surface area contributed by atoms with E-state index in [1.165, 1.54) is 5.56 Å². The van der Waals surface area contributed by atoms with Crippen LogP contribution in [-0.2, 0) is 11.8 Å². The topological polar surface area (TPSA) is 56.3 Å². The molecule has 1 saturated heterocycles. The SMILES string of the molecule is COC1CCN(C(CN)c2cnn(C)c2)C1. The van der Waals surface area contributed by atoms with Crippen LogP contribution in [0.25, 0.3) is 0 Å². The van der Waals surface area contributed by atoms with E-state index in [2.05, 4.69) is 10.00 Å². The van der Waals surface area contributed by atoms with Crippen molar-refractivity contribution in [2.45, 2.75) is 18.6 Å². The molecule has 5 heteroatoms. The molecule has 0 aromatic carbocycles. The Balaban J connectivity index is 2.06. The van der Waals surface area contributed by atoms with Crippen molar-refractivity contribution in [2.24, 2.45) is 12.8 Å². The van der Waals surface area contributed by atoms with Crippen LogP contribution in [0.1, 0.15) is 18.0 Å². The number of nitrogens with two attached hydrogens (primary N) is 1. The third kappa shape index (κ3) is 2.26. The van der Waals surface area contributed by atoms with Gasteiger partial charge in [-0.3, -0.25) is 9.58 Å². The summed E-state index contributed by atoms with van der Waals surface area (Å²) in [4.78, 5) is 2.38. The van der Waals surface area contributed by atoms with Crippen LogP contribution < -0.4 is 5.73 Å². The number of likely N-dealkylation sites (tertiary alicyclic amines) is 1. The predicted molar refractivity (Wildman–Crippen MR) is 62.0 cm³/mol. The summed E-state index contributed by atoms with van der Waals surface area (Å²) in [6, 6.07) is 0.272. The van der Waals surface area contributed by atoms with Gasteiger partial charge in [-0.05, 0) is 6.42 Å². The summed E-state index contributed by atoms with van der Waals surface area (Å²) >= 11 is 0. The molecule has 16 heavy (non-hydrogen) atoms. The lowest BCUT2D eigenvalue weighted by Crippen LogP contribution is -2.32. The number of rotatable bonds is 4. The Morgan fingerprint density at radius 2 is 2.50 bits per heavy atom. The first-order chi connectivity index (χ1) is 7.74. The third-order valence-electron chi connectivity index (χ3n) is 3.28. The summed E-state index contributed by atoms with van der Waals surface area (Å²) in [5.41, 5.74) is 7.06. The Bertz CT molecular complexity index is 338. The molecule has 2 heterocycles. The molecule has 0 saturated carbocycles. The molecule has 5 nitrogen and oxygen atoms in total. The van der Waals surface area contributed by atoms with E-state index < -0.39 is 0 Å². The van der Waals surface area contributed by atoms with E-state index in [-0.39, 0.29) is 6.04 Å². The molecular formula is C11H20N4O. The Hall–Kier alpha value is -0.910. The second kappa shape index (κ2) is 4.95. The lowest BCUT2D eigenvalue weighted by Gasteiger charge is -2.25. The lowest BCUT2D eigenvalue weighted by atomic mass is 10.1. The maximum Gasteiger partial charge on any atom is 0.0710 e. The highest BCUT2D eigenvalue weighted by molar-refractivity contribution is 5.12. The summed E-state index contributed by atoms with van der Waals surface area (Å²) in [7, 11) is 3.70. The molecule has 1 aliphatic heterocycles. The van der Waals surface area contributed by atoms with Crippen molar-refractivity contribution in [1.82, 2.24) is 14.7 Å². The first-order valence-corrected chi connectivity index (χ1v) is 5.70. The van der Waals surface area contributed by atoms with Gasteiger partial charge in [0.05, 0.1) is 18.3 Å². The Morgan fingerprint density at radius 3 is 3.00 bits per heavy atom. The maximum atomic E-state index is 5.86. The lowest BCUT2D eigenvalue weighted by molar-refractivity contribution is 0.101. The fraction of sp³-hybridized carbons (Fsp3) is 0.727. The van der Waals surface area contributed by atoms with Crippen molar-refractivity contribution in [3.05, 3.63) is 18.0 Å². The van der Waals surface area contributed by atoms with Crippen LogP contribution in [-0.4, -0.2) is 47.5 Å². The summed E-state index contributed by atoms with van der Waals surface area (Å²) in [5, 5.41) is 4.20. The van der Waals surface area contributed by atoms with Gasteiger partial charge in [0.15, 0.2) is 0 Å². The fourth-order valence-corrected chi connectivity index (χ4v) is 2.34. The highest BCUT2D eigenvalue weighted by Crippen LogP contribution is 2.24. The van der Waals surface area contributed by atoms with Gasteiger partial charge in [0.2, 0.25) is 0 Å². The molecule has 1 aromatic heterocycles. The van der Waals surface area contributed by atoms with Gasteiger partial charge >= 0.3 is 0 Å². The van der Waals surface area contributed by atoms with Crippen LogP contribution in [0.3, 0.4) is 0 Å². The van der Waals surface area contributed by atoms with Crippen LogP contribution in [0.15, 0.2) is 12.4 Å². The summed E-state index contributed by atoms with van der Waals surface area (Å²) in [6.45, 7) is 2.64. The highest BCUT2D eigenvalue weighted by Gasteiger charge is 2.28. The third-order valence-corrected chi connectivity index (χ3v) is 3.28. The van der Waals surface area contributed by atoms with E-state index >= 15 is 0 Å². The normalized spacial score (nSPS) is 23.8. The van der Waals surface area contributed by atoms with E-state index in [0.717, 1.165) is 19.5 Å². The summed E-state index contributed by atoms with van der Waals surface area (Å²) in [5.74, 6) is 0. The first-order valence-electron chi connectivity index (χ1n) is 5.70. The average molecular weight is 224 g/mol. The van der Waals surface area contributed by atoms with Crippen LogP contribution in [0.4, 0.5) is 0 Å². The number of hydrogen-bond acceptors (Lipinski definition) is 4. The quantitative estimate of drug-likeness (QED) is 0.790. The van der Waals surface area contributed by atoms with Crippen LogP contribution in [0.2, 0.25) is 0 Å². The molecule has 1 fully saturated rings. The number of nitrogens with zero attached hydrogens (tertiary/aromatic N) is 3. The standard InChI is InChI=1S/C11H20N4O/c1-14-7-9(6-13-14)11(5-12)15-4-3-10(8-15)16-2/h6-7,10-11H,3-5,8,12H2,1-2H3. The van der Waals surface area contributed by atoms with E-state index in [9.17, 15) is 0 Å². The smallest absolute Gasteiger partial charge is 0.0710 e. The van der Waals surface area contributed by atoms with Crippen molar-refractivity contribution in [1.29, 1.82) is 0 Å². The first kappa shape index (κ1) is 11.6. The van der Waals surface area contributed by atoms with Gasteiger partial charge in [0, 0.05) is 45.6 Å². The summed E-state index contributed by atoms with van der Waals surface area (Å²) < 4.78 is 7.20. The maximum absolute atomic E-state index is 5.86. The Morgan fingerprint density at radius 1 is 1.69 bits per heavy atom. The number of hydrogen-bond donors (Lipinski definition) is 1. The molecule has 90 valence electrons. The molecule has 0 radical (unpaired) electrons. The molecule has 1 aliphatic rings. The molecule has 0 amide bonds. The minimum Gasteiger partial charge on any atom is -0.380 e. The molecule has 0 aliphatic carbocycles. The van der Waals surface area contributed by atoms with Gasteiger partial charge in [0.1, 0.15) is 0 Å². The molecule has 2 atom stereocenters. The number of ether oxygens (including phenoxy) is 1. The molecule has 2 rings (SSSR count). The second-order valence-corrected chi connectivity index (χ2v) is 4.34. The van der Waals surface area contributed by atoms with Crippen LogP contribution in [0.5, 0.6) is 0 Å². The van der Waals surface area contributed by atoms with Gasteiger partial charge in [0.25, 0.3) is 0 Å². The van der Waals surface area contributed by atoms with Gasteiger partial charge in [-0.2, -0.15) is 5.10 Å².